The standard InChI is InChI=1S/C45H28O/c1-2-11-29(12-3-1)32-15-10-16-33(27-32)34-23-26-42-40(28-34)45(37-19-8-9-20-41(37)46-42)38-24-21-30-13-4-6-17-35(30)43(38)44-36-18-7-5-14-31(36)22-25-39(44)45/h1-28H. The van der Waals surface area contributed by atoms with Crippen molar-refractivity contribution in [1.82, 2.24) is 0 Å². The first-order valence-corrected chi connectivity index (χ1v) is 15.9. The topological polar surface area (TPSA) is 9.23 Å². The van der Waals surface area contributed by atoms with E-state index in [-0.39, 0.29) is 0 Å². The molecule has 0 radical (unpaired) electrons. The summed E-state index contributed by atoms with van der Waals surface area (Å²) in [5.41, 5.74) is 11.9. The summed E-state index contributed by atoms with van der Waals surface area (Å²) >= 11 is 0. The predicted octanol–water partition coefficient (Wildman–Crippen LogP) is 11.8. The first-order valence-electron chi connectivity index (χ1n) is 15.9. The number of benzene rings is 8. The molecule has 1 aliphatic carbocycles. The normalized spacial score (nSPS) is 13.6. The summed E-state index contributed by atoms with van der Waals surface area (Å²) in [6, 6.07) is 61.9. The fourth-order valence-corrected chi connectivity index (χ4v) is 8.16. The zero-order valence-electron chi connectivity index (χ0n) is 25.1. The number of para-hydroxylation sites is 1. The van der Waals surface area contributed by atoms with Crippen LogP contribution in [-0.2, 0) is 5.41 Å². The Hall–Kier alpha value is -5.92. The zero-order chi connectivity index (χ0) is 30.2. The van der Waals surface area contributed by atoms with Gasteiger partial charge in [0, 0.05) is 11.1 Å². The highest BCUT2D eigenvalue weighted by molar-refractivity contribution is 6.12. The van der Waals surface area contributed by atoms with E-state index in [1.165, 1.54) is 77.2 Å². The lowest BCUT2D eigenvalue weighted by atomic mass is 9.65. The highest BCUT2D eigenvalue weighted by Gasteiger charge is 2.52. The van der Waals surface area contributed by atoms with Crippen LogP contribution in [0.25, 0.3) is 54.9 Å². The Morgan fingerprint density at radius 1 is 0.326 bits per heavy atom. The van der Waals surface area contributed by atoms with Gasteiger partial charge in [0.1, 0.15) is 11.5 Å². The van der Waals surface area contributed by atoms with Crippen molar-refractivity contribution in [3.05, 3.63) is 192 Å². The van der Waals surface area contributed by atoms with Crippen molar-refractivity contribution < 1.29 is 4.74 Å². The molecule has 0 bridgehead atoms. The molecule has 8 aromatic rings. The van der Waals surface area contributed by atoms with Gasteiger partial charge < -0.3 is 4.74 Å². The molecule has 0 aromatic heterocycles. The molecule has 46 heavy (non-hydrogen) atoms. The smallest absolute Gasteiger partial charge is 0.132 e. The minimum Gasteiger partial charge on any atom is -0.457 e. The summed E-state index contributed by atoms with van der Waals surface area (Å²) in [5.74, 6) is 1.82. The molecule has 1 heterocycles. The molecule has 1 heteroatoms. The molecular weight excluding hydrogens is 556 g/mol. The monoisotopic (exact) mass is 584 g/mol. The molecule has 0 saturated heterocycles. The van der Waals surface area contributed by atoms with Gasteiger partial charge in [-0.25, -0.2) is 0 Å². The van der Waals surface area contributed by atoms with Crippen LogP contribution in [-0.4, -0.2) is 0 Å². The molecule has 2 aliphatic rings. The molecule has 0 atom stereocenters. The Bertz CT molecular complexity index is 2420. The van der Waals surface area contributed by atoms with Gasteiger partial charge in [0.15, 0.2) is 0 Å². The zero-order valence-corrected chi connectivity index (χ0v) is 25.1. The summed E-state index contributed by atoms with van der Waals surface area (Å²) in [5, 5.41) is 5.08. The average Bonchev–Trinajstić information content (AvgIpc) is 3.43. The Morgan fingerprint density at radius 2 is 0.870 bits per heavy atom. The Balaban J connectivity index is 1.32. The van der Waals surface area contributed by atoms with Crippen LogP contribution in [0, 0.1) is 0 Å². The van der Waals surface area contributed by atoms with Gasteiger partial charge in [-0.15, -0.1) is 0 Å². The maximum Gasteiger partial charge on any atom is 0.132 e. The molecule has 214 valence electrons. The van der Waals surface area contributed by atoms with Crippen LogP contribution in [0.5, 0.6) is 11.5 Å². The van der Waals surface area contributed by atoms with E-state index in [9.17, 15) is 0 Å². The molecule has 0 fully saturated rings. The van der Waals surface area contributed by atoms with E-state index in [1.54, 1.807) is 0 Å². The molecule has 0 amide bonds. The van der Waals surface area contributed by atoms with Crippen LogP contribution in [0.2, 0.25) is 0 Å². The fraction of sp³-hybridized carbons (Fsp3) is 0.0222. The summed E-state index contributed by atoms with van der Waals surface area (Å²) in [6.07, 6.45) is 0. The average molecular weight is 585 g/mol. The molecular formula is C45H28O. The molecule has 1 aliphatic heterocycles. The van der Waals surface area contributed by atoms with Crippen molar-refractivity contribution in [2.45, 2.75) is 5.41 Å². The fourth-order valence-electron chi connectivity index (χ4n) is 8.16. The minimum absolute atomic E-state index is 0.546. The van der Waals surface area contributed by atoms with Crippen LogP contribution in [0.15, 0.2) is 170 Å². The minimum atomic E-state index is -0.546. The first-order chi connectivity index (χ1) is 22.8. The van der Waals surface area contributed by atoms with E-state index in [4.69, 9.17) is 4.74 Å². The van der Waals surface area contributed by atoms with Crippen molar-refractivity contribution >= 4 is 21.5 Å². The second-order valence-corrected chi connectivity index (χ2v) is 12.4. The molecule has 1 spiro atoms. The third-order valence-electron chi connectivity index (χ3n) is 10.1. The van der Waals surface area contributed by atoms with Crippen molar-refractivity contribution in [3.8, 4) is 44.9 Å². The quantitative estimate of drug-likeness (QED) is 0.196. The number of rotatable bonds is 2. The number of hydrogen-bond acceptors (Lipinski definition) is 1. The van der Waals surface area contributed by atoms with Gasteiger partial charge in [0.2, 0.25) is 0 Å². The largest absolute Gasteiger partial charge is 0.457 e. The summed E-state index contributed by atoms with van der Waals surface area (Å²) in [4.78, 5) is 0. The van der Waals surface area contributed by atoms with Crippen molar-refractivity contribution in [3.63, 3.8) is 0 Å². The third kappa shape index (κ3) is 3.40. The molecule has 0 saturated carbocycles. The number of fused-ring (bicyclic) bond motifs is 13. The van der Waals surface area contributed by atoms with E-state index >= 15 is 0 Å². The van der Waals surface area contributed by atoms with Crippen molar-refractivity contribution in [2.24, 2.45) is 0 Å². The van der Waals surface area contributed by atoms with Crippen LogP contribution < -0.4 is 4.74 Å². The van der Waals surface area contributed by atoms with Crippen LogP contribution >= 0.6 is 0 Å². The Morgan fingerprint density at radius 3 is 1.59 bits per heavy atom. The summed E-state index contributed by atoms with van der Waals surface area (Å²) in [7, 11) is 0. The maximum absolute atomic E-state index is 6.75. The van der Waals surface area contributed by atoms with E-state index < -0.39 is 5.41 Å². The van der Waals surface area contributed by atoms with E-state index in [0.717, 1.165) is 11.5 Å². The second kappa shape index (κ2) is 9.54. The van der Waals surface area contributed by atoms with E-state index in [2.05, 4.69) is 170 Å². The highest BCUT2D eigenvalue weighted by atomic mass is 16.5. The molecule has 0 N–H and O–H groups in total. The van der Waals surface area contributed by atoms with Gasteiger partial charge in [-0.2, -0.15) is 0 Å². The van der Waals surface area contributed by atoms with Gasteiger partial charge in [-0.1, -0.05) is 146 Å². The van der Waals surface area contributed by atoms with E-state index in [0.29, 0.717) is 0 Å². The summed E-state index contributed by atoms with van der Waals surface area (Å²) < 4.78 is 6.75. The van der Waals surface area contributed by atoms with Gasteiger partial charge in [0.05, 0.1) is 5.41 Å². The van der Waals surface area contributed by atoms with Crippen LogP contribution in [0.1, 0.15) is 22.3 Å². The Kier molecular flexibility index (Phi) is 5.27. The lowest BCUT2D eigenvalue weighted by Crippen LogP contribution is -2.32. The maximum atomic E-state index is 6.75. The lowest BCUT2D eigenvalue weighted by molar-refractivity contribution is 0.436. The van der Waals surface area contributed by atoms with Crippen molar-refractivity contribution in [1.29, 1.82) is 0 Å². The summed E-state index contributed by atoms with van der Waals surface area (Å²) in [6.45, 7) is 0. The molecule has 0 unspecified atom stereocenters. The molecule has 10 rings (SSSR count). The SMILES string of the molecule is c1ccc(-c2cccc(-c3ccc4c(c3)C3(c5ccccc5O4)c4ccc5ccccc5c4-c4c3ccc3ccccc43)c2)cc1. The van der Waals surface area contributed by atoms with Gasteiger partial charge in [-0.05, 0) is 90.3 Å². The second-order valence-electron chi connectivity index (χ2n) is 12.4. The third-order valence-corrected chi connectivity index (χ3v) is 10.1. The van der Waals surface area contributed by atoms with E-state index in [1.807, 2.05) is 0 Å². The van der Waals surface area contributed by atoms with Crippen molar-refractivity contribution in [2.75, 3.05) is 0 Å². The van der Waals surface area contributed by atoms with Crippen LogP contribution in [0.4, 0.5) is 0 Å². The van der Waals surface area contributed by atoms with Crippen LogP contribution in [0.3, 0.4) is 0 Å². The van der Waals surface area contributed by atoms with Gasteiger partial charge in [-0.3, -0.25) is 0 Å². The highest BCUT2D eigenvalue weighted by Crippen LogP contribution is 2.64. The molecule has 1 nitrogen and oxygen atoms in total. The first kappa shape index (κ1) is 25.4. The van der Waals surface area contributed by atoms with Gasteiger partial charge >= 0.3 is 0 Å². The predicted molar refractivity (Wildman–Crippen MR) is 190 cm³/mol. The number of ether oxygens (including phenoxy) is 1. The number of hydrogen-bond donors (Lipinski definition) is 0. The molecule has 8 aromatic carbocycles. The Labute approximate surface area is 268 Å². The lowest BCUT2D eigenvalue weighted by Gasteiger charge is -2.39. The van der Waals surface area contributed by atoms with Gasteiger partial charge in [0.25, 0.3) is 0 Å².